The number of aryl methyl sites for hydroxylation is 1. The summed E-state index contributed by atoms with van der Waals surface area (Å²) in [6, 6.07) is 14.9. The summed E-state index contributed by atoms with van der Waals surface area (Å²) in [5.41, 5.74) is 4.17. The van der Waals surface area contributed by atoms with E-state index >= 15 is 0 Å². The molecular formula is C32H43NO3. The monoisotopic (exact) mass is 489 g/mol. The van der Waals surface area contributed by atoms with Gasteiger partial charge in [0.25, 0.3) is 0 Å². The maximum atomic E-state index is 11.2. The van der Waals surface area contributed by atoms with Crippen molar-refractivity contribution >= 4 is 0 Å². The van der Waals surface area contributed by atoms with E-state index in [9.17, 15) is 10.2 Å². The van der Waals surface area contributed by atoms with Crippen LogP contribution in [0, 0.1) is 16.7 Å². The molecule has 36 heavy (non-hydrogen) atoms. The first kappa shape index (κ1) is 24.3. The Balaban J connectivity index is 1.28. The van der Waals surface area contributed by atoms with Crippen LogP contribution in [0.15, 0.2) is 42.5 Å². The number of aliphatic hydroxyl groups excluding tert-OH is 1. The van der Waals surface area contributed by atoms with Crippen molar-refractivity contribution in [2.24, 2.45) is 16.7 Å². The fourth-order valence-electron chi connectivity index (χ4n) is 8.86. The number of rotatable bonds is 5. The molecule has 0 radical (unpaired) electrons. The Morgan fingerprint density at radius 3 is 2.53 bits per heavy atom. The maximum absolute atomic E-state index is 11.2. The van der Waals surface area contributed by atoms with Crippen LogP contribution in [0.3, 0.4) is 0 Å². The normalized spacial score (nSPS) is 36.1. The smallest absolute Gasteiger partial charge is 0.119 e. The number of nitrogens with zero attached hydrogens (tertiary/aromatic N) is 1. The van der Waals surface area contributed by atoms with Crippen LogP contribution in [-0.4, -0.2) is 47.5 Å². The van der Waals surface area contributed by atoms with Crippen LogP contribution in [0.25, 0.3) is 0 Å². The third-order valence-electron chi connectivity index (χ3n) is 10.7. The summed E-state index contributed by atoms with van der Waals surface area (Å²) in [5, 5.41) is 21.4. The number of aliphatic hydroxyl groups is 1. The van der Waals surface area contributed by atoms with Crippen molar-refractivity contribution in [1.29, 1.82) is 0 Å². The highest BCUT2D eigenvalue weighted by atomic mass is 16.5. The molecule has 0 amide bonds. The van der Waals surface area contributed by atoms with Crippen molar-refractivity contribution in [2.75, 3.05) is 26.2 Å². The molecule has 2 unspecified atom stereocenters. The van der Waals surface area contributed by atoms with Crippen LogP contribution in [0.1, 0.15) is 87.3 Å². The van der Waals surface area contributed by atoms with Gasteiger partial charge in [-0.05, 0) is 128 Å². The highest BCUT2D eigenvalue weighted by molar-refractivity contribution is 5.45. The topological polar surface area (TPSA) is 52.9 Å². The van der Waals surface area contributed by atoms with Crippen molar-refractivity contribution in [1.82, 2.24) is 4.90 Å². The van der Waals surface area contributed by atoms with E-state index in [1.54, 1.807) is 0 Å². The number of ether oxygens (including phenoxy) is 1. The fourth-order valence-corrected chi connectivity index (χ4v) is 8.86. The van der Waals surface area contributed by atoms with Crippen molar-refractivity contribution in [3.05, 3.63) is 59.2 Å². The minimum atomic E-state index is -0.221. The second kappa shape index (κ2) is 9.36. The summed E-state index contributed by atoms with van der Waals surface area (Å²) < 4.78 is 6.14. The molecule has 1 saturated heterocycles. The number of fused-ring (bicyclic) bond motifs is 5. The molecule has 3 aliphatic carbocycles. The van der Waals surface area contributed by atoms with E-state index in [-0.39, 0.29) is 16.9 Å². The minimum absolute atomic E-state index is 0.0477. The molecule has 4 nitrogen and oxygen atoms in total. The zero-order valence-electron chi connectivity index (χ0n) is 22.1. The highest BCUT2D eigenvalue weighted by Crippen LogP contribution is 2.70. The van der Waals surface area contributed by atoms with E-state index in [0.29, 0.717) is 23.5 Å². The fraction of sp³-hybridized carbons (Fsp3) is 0.625. The molecule has 6 atom stereocenters. The Morgan fingerprint density at radius 1 is 0.972 bits per heavy atom. The second-order valence-electron chi connectivity index (χ2n) is 12.6. The lowest BCUT2D eigenvalue weighted by molar-refractivity contribution is -0.0768. The molecule has 2 aromatic carbocycles. The van der Waals surface area contributed by atoms with E-state index in [1.807, 2.05) is 12.1 Å². The number of phenols is 1. The number of aromatic hydroxyl groups is 1. The molecule has 1 heterocycles. The van der Waals surface area contributed by atoms with Crippen LogP contribution >= 0.6 is 0 Å². The molecule has 1 aliphatic heterocycles. The maximum Gasteiger partial charge on any atom is 0.119 e. The number of hydrogen-bond donors (Lipinski definition) is 2. The van der Waals surface area contributed by atoms with E-state index in [0.717, 1.165) is 51.0 Å². The zero-order chi connectivity index (χ0) is 24.9. The number of piperidine rings is 1. The lowest BCUT2D eigenvalue weighted by atomic mass is 9.44. The molecule has 6 rings (SSSR count). The van der Waals surface area contributed by atoms with Gasteiger partial charge in [-0.25, -0.2) is 0 Å². The van der Waals surface area contributed by atoms with Crippen LogP contribution in [0.5, 0.6) is 11.5 Å². The average Bonchev–Trinajstić information content (AvgIpc) is 3.19. The van der Waals surface area contributed by atoms with Gasteiger partial charge in [0.1, 0.15) is 18.1 Å². The van der Waals surface area contributed by atoms with E-state index in [2.05, 4.69) is 49.1 Å². The van der Waals surface area contributed by atoms with E-state index in [1.165, 1.54) is 49.0 Å². The summed E-state index contributed by atoms with van der Waals surface area (Å²) >= 11 is 0. The Bertz CT molecular complexity index is 1080. The Labute approximate surface area is 216 Å². The number of likely N-dealkylation sites (tertiary alicyclic amines) is 1. The summed E-state index contributed by atoms with van der Waals surface area (Å²) in [7, 11) is 0. The highest BCUT2D eigenvalue weighted by Gasteiger charge is 2.62. The van der Waals surface area contributed by atoms with Gasteiger partial charge in [-0.15, -0.1) is 0 Å². The minimum Gasteiger partial charge on any atom is -0.508 e. The van der Waals surface area contributed by atoms with Gasteiger partial charge in [-0.1, -0.05) is 38.5 Å². The quantitative estimate of drug-likeness (QED) is 0.521. The largest absolute Gasteiger partial charge is 0.508 e. The lowest BCUT2D eigenvalue weighted by Gasteiger charge is -2.60. The van der Waals surface area contributed by atoms with E-state index in [4.69, 9.17) is 4.74 Å². The molecular weight excluding hydrogens is 446 g/mol. The van der Waals surface area contributed by atoms with Gasteiger partial charge < -0.3 is 14.9 Å². The summed E-state index contributed by atoms with van der Waals surface area (Å²) in [4.78, 5) is 2.52. The van der Waals surface area contributed by atoms with Gasteiger partial charge in [0, 0.05) is 6.54 Å². The molecule has 2 N–H and O–H groups in total. The van der Waals surface area contributed by atoms with E-state index < -0.39 is 0 Å². The number of phenolic OH excluding ortho intramolecular Hbond substituents is 1. The van der Waals surface area contributed by atoms with Crippen LogP contribution in [0.4, 0.5) is 0 Å². The first-order chi connectivity index (χ1) is 17.4. The Hall–Kier alpha value is -2.04. The summed E-state index contributed by atoms with van der Waals surface area (Å²) in [6.07, 6.45) is 8.95. The first-order valence-electron chi connectivity index (χ1n) is 14.3. The predicted octanol–water partition coefficient (Wildman–Crippen LogP) is 6.26. The number of hydrogen-bond acceptors (Lipinski definition) is 4. The first-order valence-corrected chi connectivity index (χ1v) is 14.3. The molecule has 2 saturated carbocycles. The molecule has 194 valence electrons. The molecule has 0 aromatic heterocycles. The van der Waals surface area contributed by atoms with Gasteiger partial charge in [0.2, 0.25) is 0 Å². The Kier molecular flexibility index (Phi) is 6.32. The SMILES string of the molecule is C[C@@]12CCc3cc(O)ccc3C1[C@@H](c1ccc(OCCN3CCCCC3)cc1)C[C@@]1(C)C2CC[C@@H]1O. The van der Waals surface area contributed by atoms with Crippen molar-refractivity contribution in [2.45, 2.75) is 83.2 Å². The van der Waals surface area contributed by atoms with Crippen molar-refractivity contribution < 1.29 is 14.9 Å². The molecule has 3 fully saturated rings. The van der Waals surface area contributed by atoms with Gasteiger partial charge in [-0.2, -0.15) is 0 Å². The molecule has 2 aromatic rings. The van der Waals surface area contributed by atoms with Gasteiger partial charge in [0.05, 0.1) is 6.10 Å². The summed E-state index contributed by atoms with van der Waals surface area (Å²) in [6.45, 7) is 9.01. The van der Waals surface area contributed by atoms with Gasteiger partial charge >= 0.3 is 0 Å². The standard InChI is InChI=1S/C32H43NO3/c1-31-15-14-23-20-24(34)8-11-26(23)30(31)27(21-32(2)28(31)12-13-29(32)35)22-6-9-25(10-7-22)36-19-18-33-16-4-3-5-17-33/h6-11,20,27-30,34-35H,3-5,12-19,21H2,1-2H3/t27-,28?,29+,30?,31+,32+/m1/s1. The summed E-state index contributed by atoms with van der Waals surface area (Å²) in [5.74, 6) is 2.59. The molecule has 4 heteroatoms. The number of benzene rings is 2. The molecule has 4 aliphatic rings. The Morgan fingerprint density at radius 2 is 1.75 bits per heavy atom. The third-order valence-corrected chi connectivity index (χ3v) is 10.7. The average molecular weight is 490 g/mol. The van der Waals surface area contributed by atoms with Crippen molar-refractivity contribution in [3.63, 3.8) is 0 Å². The zero-order valence-corrected chi connectivity index (χ0v) is 22.1. The molecule has 0 bridgehead atoms. The predicted molar refractivity (Wildman–Crippen MR) is 144 cm³/mol. The van der Waals surface area contributed by atoms with Crippen LogP contribution < -0.4 is 4.74 Å². The van der Waals surface area contributed by atoms with Crippen LogP contribution in [0.2, 0.25) is 0 Å². The van der Waals surface area contributed by atoms with Crippen LogP contribution in [-0.2, 0) is 6.42 Å². The van der Waals surface area contributed by atoms with Gasteiger partial charge in [0.15, 0.2) is 0 Å². The lowest BCUT2D eigenvalue weighted by Crippen LogP contribution is -2.52. The van der Waals surface area contributed by atoms with Gasteiger partial charge in [-0.3, -0.25) is 4.90 Å². The third kappa shape index (κ3) is 4.05. The second-order valence-corrected chi connectivity index (χ2v) is 12.6. The molecule has 0 spiro atoms. The van der Waals surface area contributed by atoms with Crippen molar-refractivity contribution in [3.8, 4) is 11.5 Å².